The van der Waals surface area contributed by atoms with E-state index in [2.05, 4.69) is 4.98 Å². The number of Topliss-reactive ketones (excluding diaryl/α,β-unsaturated/α-hetero) is 1. The molecule has 3 nitrogen and oxygen atoms in total. The van der Waals surface area contributed by atoms with Gasteiger partial charge in [-0.15, -0.1) is 0 Å². The Morgan fingerprint density at radius 2 is 2.11 bits per heavy atom. The summed E-state index contributed by atoms with van der Waals surface area (Å²) < 4.78 is 18.4. The van der Waals surface area contributed by atoms with Crippen molar-refractivity contribution in [2.24, 2.45) is 0 Å². The average molecular weight is 245 g/mol. The molecule has 0 radical (unpaired) electrons. The van der Waals surface area contributed by atoms with E-state index in [9.17, 15) is 9.18 Å². The third kappa shape index (κ3) is 2.71. The molecule has 1 heterocycles. The Balaban J connectivity index is 2.19. The van der Waals surface area contributed by atoms with E-state index in [1.54, 1.807) is 24.3 Å². The van der Waals surface area contributed by atoms with Crippen LogP contribution in [0.1, 0.15) is 15.9 Å². The summed E-state index contributed by atoms with van der Waals surface area (Å²) in [6, 6.07) is 7.83. The van der Waals surface area contributed by atoms with Gasteiger partial charge in [0.25, 0.3) is 0 Å². The van der Waals surface area contributed by atoms with Gasteiger partial charge in [0.05, 0.1) is 13.3 Å². The number of ketones is 1. The number of aromatic nitrogens is 1. The summed E-state index contributed by atoms with van der Waals surface area (Å²) in [5.41, 5.74) is 0.794. The molecule has 0 amide bonds. The fourth-order valence-corrected chi connectivity index (χ4v) is 1.60. The molecule has 0 saturated heterocycles. The summed E-state index contributed by atoms with van der Waals surface area (Å²) in [7, 11) is 1.50. The second kappa shape index (κ2) is 5.40. The highest BCUT2D eigenvalue weighted by Crippen LogP contribution is 2.14. The number of hydrogen-bond donors (Lipinski definition) is 0. The number of benzene rings is 1. The van der Waals surface area contributed by atoms with Crippen LogP contribution in [-0.2, 0) is 6.42 Å². The number of carbonyl (C=O) groups excluding carboxylic acids is 1. The van der Waals surface area contributed by atoms with E-state index in [1.165, 1.54) is 25.6 Å². The molecule has 1 aromatic carbocycles. The van der Waals surface area contributed by atoms with Gasteiger partial charge in [0.2, 0.25) is 0 Å². The Morgan fingerprint density at radius 3 is 2.83 bits per heavy atom. The van der Waals surface area contributed by atoms with Gasteiger partial charge in [0.1, 0.15) is 11.6 Å². The number of carbonyl (C=O) groups is 1. The van der Waals surface area contributed by atoms with Crippen LogP contribution in [-0.4, -0.2) is 17.9 Å². The standard InChI is InChI=1S/C14H12FNO2/c1-18-12-6-11(8-16-9-12)14(17)7-10-4-2-3-5-13(10)15/h2-6,8-9H,7H2,1H3. The van der Waals surface area contributed by atoms with Crippen molar-refractivity contribution in [2.75, 3.05) is 7.11 Å². The van der Waals surface area contributed by atoms with E-state index in [1.807, 2.05) is 0 Å². The molecule has 2 rings (SSSR count). The molecule has 92 valence electrons. The molecular weight excluding hydrogens is 233 g/mol. The lowest BCUT2D eigenvalue weighted by Gasteiger charge is -2.04. The Hall–Kier alpha value is -2.23. The van der Waals surface area contributed by atoms with Crippen molar-refractivity contribution in [3.63, 3.8) is 0 Å². The van der Waals surface area contributed by atoms with Crippen molar-refractivity contribution in [1.29, 1.82) is 0 Å². The lowest BCUT2D eigenvalue weighted by Crippen LogP contribution is -2.05. The minimum absolute atomic E-state index is 0.0154. The van der Waals surface area contributed by atoms with Crippen LogP contribution in [0, 0.1) is 5.82 Å². The van der Waals surface area contributed by atoms with Crippen molar-refractivity contribution in [3.8, 4) is 5.75 Å². The van der Waals surface area contributed by atoms with Gasteiger partial charge in [-0.25, -0.2) is 4.39 Å². The molecule has 0 atom stereocenters. The molecule has 0 bridgehead atoms. The van der Waals surface area contributed by atoms with Crippen molar-refractivity contribution < 1.29 is 13.9 Å². The van der Waals surface area contributed by atoms with Crippen molar-refractivity contribution >= 4 is 5.78 Å². The second-order valence-electron chi connectivity index (χ2n) is 3.80. The highest BCUT2D eigenvalue weighted by Gasteiger charge is 2.11. The number of methoxy groups -OCH3 is 1. The number of ether oxygens (including phenoxy) is 1. The summed E-state index contributed by atoms with van der Waals surface area (Å²) in [6.45, 7) is 0. The summed E-state index contributed by atoms with van der Waals surface area (Å²) in [4.78, 5) is 15.9. The summed E-state index contributed by atoms with van der Waals surface area (Å²) in [5, 5.41) is 0. The van der Waals surface area contributed by atoms with Gasteiger partial charge in [-0.2, -0.15) is 0 Å². The highest BCUT2D eigenvalue weighted by molar-refractivity contribution is 5.97. The molecule has 0 N–H and O–H groups in total. The number of rotatable bonds is 4. The molecule has 0 unspecified atom stereocenters. The third-order valence-corrected chi connectivity index (χ3v) is 2.58. The van der Waals surface area contributed by atoms with Crippen LogP contribution in [0.15, 0.2) is 42.7 Å². The van der Waals surface area contributed by atoms with Gasteiger partial charge in [-0.1, -0.05) is 18.2 Å². The van der Waals surface area contributed by atoms with Crippen LogP contribution >= 0.6 is 0 Å². The number of halogens is 1. The molecule has 0 spiro atoms. The topological polar surface area (TPSA) is 39.2 Å². The summed E-state index contributed by atoms with van der Waals surface area (Å²) >= 11 is 0. The largest absolute Gasteiger partial charge is 0.495 e. The molecule has 0 aliphatic heterocycles. The zero-order valence-corrected chi connectivity index (χ0v) is 9.89. The maximum Gasteiger partial charge on any atom is 0.169 e. The third-order valence-electron chi connectivity index (χ3n) is 2.58. The SMILES string of the molecule is COc1cncc(C(=O)Cc2ccccc2F)c1. The van der Waals surface area contributed by atoms with Crippen LogP contribution in [0.5, 0.6) is 5.75 Å². The monoisotopic (exact) mass is 245 g/mol. The quantitative estimate of drug-likeness (QED) is 0.777. The minimum atomic E-state index is -0.373. The van der Waals surface area contributed by atoms with Crippen LogP contribution in [0.3, 0.4) is 0 Å². The first-order valence-electron chi connectivity index (χ1n) is 5.46. The van der Waals surface area contributed by atoms with Crippen LogP contribution in [0.25, 0.3) is 0 Å². The predicted octanol–water partition coefficient (Wildman–Crippen LogP) is 2.65. The maximum atomic E-state index is 13.4. The van der Waals surface area contributed by atoms with Gasteiger partial charge in [0, 0.05) is 18.2 Å². The van der Waals surface area contributed by atoms with Gasteiger partial charge in [0.15, 0.2) is 5.78 Å². The van der Waals surface area contributed by atoms with Gasteiger partial charge < -0.3 is 4.74 Å². The van der Waals surface area contributed by atoms with Crippen LogP contribution in [0.4, 0.5) is 4.39 Å². The Labute approximate surface area is 104 Å². The van der Waals surface area contributed by atoms with Crippen molar-refractivity contribution in [2.45, 2.75) is 6.42 Å². The zero-order chi connectivity index (χ0) is 13.0. The summed E-state index contributed by atoms with van der Waals surface area (Å²) in [6.07, 6.45) is 2.98. The first-order valence-corrected chi connectivity index (χ1v) is 5.46. The number of hydrogen-bond acceptors (Lipinski definition) is 3. The van der Waals surface area contributed by atoms with E-state index < -0.39 is 0 Å². The van der Waals surface area contributed by atoms with Gasteiger partial charge >= 0.3 is 0 Å². The first kappa shape index (κ1) is 12.2. The molecule has 0 fully saturated rings. The Kier molecular flexibility index (Phi) is 3.67. The number of pyridine rings is 1. The van der Waals surface area contributed by atoms with Crippen molar-refractivity contribution in [1.82, 2.24) is 4.98 Å². The molecule has 1 aromatic heterocycles. The summed E-state index contributed by atoms with van der Waals surface area (Å²) in [5.74, 6) is -0.0532. The normalized spacial score (nSPS) is 10.1. The second-order valence-corrected chi connectivity index (χ2v) is 3.80. The Morgan fingerprint density at radius 1 is 1.33 bits per heavy atom. The van der Waals surface area contributed by atoms with E-state index in [4.69, 9.17) is 4.74 Å². The highest BCUT2D eigenvalue weighted by atomic mass is 19.1. The molecule has 18 heavy (non-hydrogen) atoms. The Bertz CT molecular complexity index is 569. The molecule has 2 aromatic rings. The minimum Gasteiger partial charge on any atom is -0.495 e. The molecular formula is C14H12FNO2. The van der Waals surface area contributed by atoms with E-state index in [-0.39, 0.29) is 18.0 Å². The molecule has 0 saturated carbocycles. The average Bonchev–Trinajstić information content (AvgIpc) is 2.41. The molecule has 4 heteroatoms. The zero-order valence-electron chi connectivity index (χ0n) is 9.89. The van der Waals surface area contributed by atoms with E-state index >= 15 is 0 Å². The maximum absolute atomic E-state index is 13.4. The predicted molar refractivity (Wildman–Crippen MR) is 65.2 cm³/mol. The van der Waals surface area contributed by atoms with Crippen LogP contribution < -0.4 is 4.74 Å². The fraction of sp³-hybridized carbons (Fsp3) is 0.143. The smallest absolute Gasteiger partial charge is 0.169 e. The van der Waals surface area contributed by atoms with Crippen LogP contribution in [0.2, 0.25) is 0 Å². The van der Waals surface area contributed by atoms with Gasteiger partial charge in [-0.3, -0.25) is 9.78 Å². The fourth-order valence-electron chi connectivity index (χ4n) is 1.60. The molecule has 0 aliphatic rings. The molecule has 0 aliphatic carbocycles. The lowest BCUT2D eigenvalue weighted by molar-refractivity contribution is 0.0991. The lowest BCUT2D eigenvalue weighted by atomic mass is 10.0. The van der Waals surface area contributed by atoms with Crippen molar-refractivity contribution in [3.05, 3.63) is 59.7 Å². The van der Waals surface area contributed by atoms with E-state index in [0.29, 0.717) is 16.9 Å². The van der Waals surface area contributed by atoms with Gasteiger partial charge in [-0.05, 0) is 17.7 Å². The van der Waals surface area contributed by atoms with E-state index in [0.717, 1.165) is 0 Å². The number of nitrogens with zero attached hydrogens (tertiary/aromatic N) is 1. The first-order chi connectivity index (χ1) is 8.70.